The lowest BCUT2D eigenvalue weighted by Crippen LogP contribution is -2.41. The van der Waals surface area contributed by atoms with Crippen LogP contribution < -0.4 is 5.32 Å². The molecule has 2 aromatic carbocycles. The van der Waals surface area contributed by atoms with Crippen LogP contribution in [-0.2, 0) is 4.79 Å². The minimum Gasteiger partial charge on any atom is -0.339 e. The summed E-state index contributed by atoms with van der Waals surface area (Å²) in [5.74, 6) is -0.105. The second-order valence-corrected chi connectivity index (χ2v) is 7.04. The van der Waals surface area contributed by atoms with E-state index >= 15 is 0 Å². The predicted molar refractivity (Wildman–Crippen MR) is 104 cm³/mol. The van der Waals surface area contributed by atoms with Crippen molar-refractivity contribution in [1.29, 1.82) is 5.26 Å². The zero-order valence-corrected chi connectivity index (χ0v) is 15.7. The van der Waals surface area contributed by atoms with E-state index in [-0.39, 0.29) is 17.7 Å². The third-order valence-corrected chi connectivity index (χ3v) is 5.19. The minimum absolute atomic E-state index is 0.0296. The number of nitrogens with one attached hydrogen (secondary N) is 1. The van der Waals surface area contributed by atoms with Gasteiger partial charge in [0.05, 0.1) is 11.6 Å². The molecule has 1 saturated heterocycles. The highest BCUT2D eigenvalue weighted by Gasteiger charge is 2.28. The van der Waals surface area contributed by atoms with E-state index in [1.165, 1.54) is 5.56 Å². The van der Waals surface area contributed by atoms with Crippen molar-refractivity contribution in [1.82, 2.24) is 4.90 Å². The topological polar surface area (TPSA) is 73.2 Å². The van der Waals surface area contributed by atoms with E-state index in [1.807, 2.05) is 36.9 Å². The number of benzene rings is 2. The summed E-state index contributed by atoms with van der Waals surface area (Å²) in [6.07, 6.45) is 1.30. The highest BCUT2D eigenvalue weighted by molar-refractivity contribution is 5.95. The largest absolute Gasteiger partial charge is 0.339 e. The van der Waals surface area contributed by atoms with Crippen molar-refractivity contribution >= 4 is 17.5 Å². The van der Waals surface area contributed by atoms with E-state index in [4.69, 9.17) is 5.26 Å². The molecule has 1 N–H and O–H groups in total. The first-order valence-corrected chi connectivity index (χ1v) is 9.15. The van der Waals surface area contributed by atoms with Crippen molar-refractivity contribution in [3.05, 3.63) is 64.7 Å². The summed E-state index contributed by atoms with van der Waals surface area (Å²) in [7, 11) is 0. The number of aryl methyl sites for hydroxylation is 2. The van der Waals surface area contributed by atoms with E-state index in [9.17, 15) is 9.59 Å². The van der Waals surface area contributed by atoms with Crippen LogP contribution in [0.4, 0.5) is 5.69 Å². The van der Waals surface area contributed by atoms with Crippen molar-refractivity contribution in [2.75, 3.05) is 18.4 Å². The Bertz CT molecular complexity index is 889. The van der Waals surface area contributed by atoms with Gasteiger partial charge in [-0.25, -0.2) is 0 Å². The highest BCUT2D eigenvalue weighted by Crippen LogP contribution is 2.22. The molecule has 2 amide bonds. The maximum atomic E-state index is 12.7. The Kier molecular flexibility index (Phi) is 5.56. The van der Waals surface area contributed by atoms with Crippen LogP contribution in [0.25, 0.3) is 0 Å². The van der Waals surface area contributed by atoms with Crippen LogP contribution in [0.5, 0.6) is 0 Å². The van der Waals surface area contributed by atoms with Crippen molar-refractivity contribution in [2.45, 2.75) is 26.7 Å². The molecule has 0 radical (unpaired) electrons. The normalized spacial score (nSPS) is 14.5. The highest BCUT2D eigenvalue weighted by atomic mass is 16.2. The van der Waals surface area contributed by atoms with Crippen molar-refractivity contribution in [3.8, 4) is 6.07 Å². The molecule has 5 nitrogen and oxygen atoms in total. The van der Waals surface area contributed by atoms with Gasteiger partial charge in [0.1, 0.15) is 0 Å². The molecule has 138 valence electrons. The van der Waals surface area contributed by atoms with Crippen LogP contribution in [0.3, 0.4) is 0 Å². The van der Waals surface area contributed by atoms with Gasteiger partial charge in [0.2, 0.25) is 5.91 Å². The number of anilines is 1. The third-order valence-electron chi connectivity index (χ3n) is 5.19. The van der Waals surface area contributed by atoms with E-state index < -0.39 is 0 Å². The van der Waals surface area contributed by atoms with Gasteiger partial charge < -0.3 is 10.2 Å². The number of hydrogen-bond acceptors (Lipinski definition) is 3. The molecule has 1 aliphatic heterocycles. The Morgan fingerprint density at radius 2 is 1.70 bits per heavy atom. The van der Waals surface area contributed by atoms with Gasteiger partial charge in [0.15, 0.2) is 0 Å². The van der Waals surface area contributed by atoms with Gasteiger partial charge in [-0.3, -0.25) is 9.59 Å². The van der Waals surface area contributed by atoms with E-state index in [2.05, 4.69) is 11.4 Å². The van der Waals surface area contributed by atoms with Gasteiger partial charge in [-0.15, -0.1) is 0 Å². The molecule has 27 heavy (non-hydrogen) atoms. The molecule has 2 aromatic rings. The molecule has 5 heteroatoms. The summed E-state index contributed by atoms with van der Waals surface area (Å²) in [6.45, 7) is 5.20. The van der Waals surface area contributed by atoms with E-state index in [0.717, 1.165) is 5.56 Å². The molecule has 0 aromatic heterocycles. The molecular formula is C22H23N3O2. The first kappa shape index (κ1) is 18.7. The maximum absolute atomic E-state index is 12.7. The van der Waals surface area contributed by atoms with E-state index in [0.29, 0.717) is 42.7 Å². The van der Waals surface area contributed by atoms with Crippen molar-refractivity contribution in [3.63, 3.8) is 0 Å². The molecule has 0 atom stereocenters. The number of hydrogen-bond donors (Lipinski definition) is 1. The lowest BCUT2D eigenvalue weighted by Gasteiger charge is -2.31. The van der Waals surface area contributed by atoms with Gasteiger partial charge in [0.25, 0.3) is 5.91 Å². The Balaban J connectivity index is 1.56. The van der Waals surface area contributed by atoms with Gasteiger partial charge in [-0.2, -0.15) is 5.26 Å². The van der Waals surface area contributed by atoms with Gasteiger partial charge in [-0.05, 0) is 74.2 Å². The molecule has 0 bridgehead atoms. The molecule has 1 aliphatic rings. The fourth-order valence-electron chi connectivity index (χ4n) is 3.27. The quantitative estimate of drug-likeness (QED) is 0.906. The Hall–Kier alpha value is -3.13. The fourth-order valence-corrected chi connectivity index (χ4v) is 3.27. The van der Waals surface area contributed by atoms with Gasteiger partial charge >= 0.3 is 0 Å². The number of carbonyl (C=O) groups excluding carboxylic acids is 2. The first-order valence-electron chi connectivity index (χ1n) is 9.15. The lowest BCUT2D eigenvalue weighted by atomic mass is 9.95. The monoisotopic (exact) mass is 361 g/mol. The summed E-state index contributed by atoms with van der Waals surface area (Å²) in [5.41, 5.74) is 4.24. The van der Waals surface area contributed by atoms with Crippen LogP contribution in [0.1, 0.15) is 39.9 Å². The predicted octanol–water partition coefficient (Wildman–Crippen LogP) is 3.67. The Morgan fingerprint density at radius 1 is 1.04 bits per heavy atom. The number of carbonyl (C=O) groups is 2. The lowest BCUT2D eigenvalue weighted by molar-refractivity contribution is -0.121. The second-order valence-electron chi connectivity index (χ2n) is 7.04. The summed E-state index contributed by atoms with van der Waals surface area (Å²) in [4.78, 5) is 27.0. The molecule has 1 fully saturated rings. The molecule has 0 spiro atoms. The van der Waals surface area contributed by atoms with Crippen LogP contribution >= 0.6 is 0 Å². The van der Waals surface area contributed by atoms with Crippen LogP contribution in [-0.4, -0.2) is 29.8 Å². The number of amides is 2. The Morgan fingerprint density at radius 3 is 2.30 bits per heavy atom. The SMILES string of the molecule is Cc1ccc(C(=O)N2CCC(C(=O)Nc3ccc(C#N)cc3)CC2)cc1C. The average molecular weight is 361 g/mol. The van der Waals surface area contributed by atoms with Gasteiger partial charge in [-0.1, -0.05) is 6.07 Å². The smallest absolute Gasteiger partial charge is 0.253 e. The molecule has 3 rings (SSSR count). The number of nitriles is 1. The summed E-state index contributed by atoms with van der Waals surface area (Å²) in [6, 6.07) is 14.7. The molecule has 0 unspecified atom stereocenters. The standard InChI is InChI=1S/C22H23N3O2/c1-15-3-6-19(13-16(15)2)22(27)25-11-9-18(10-12-25)21(26)24-20-7-4-17(14-23)5-8-20/h3-8,13,18H,9-12H2,1-2H3,(H,24,26). The summed E-state index contributed by atoms with van der Waals surface area (Å²) < 4.78 is 0. The molecule has 0 aliphatic carbocycles. The number of piperidine rings is 1. The molecule has 0 saturated carbocycles. The number of rotatable bonds is 3. The third kappa shape index (κ3) is 4.35. The fraction of sp³-hybridized carbons (Fsp3) is 0.318. The zero-order valence-electron chi connectivity index (χ0n) is 15.7. The molecule has 1 heterocycles. The van der Waals surface area contributed by atoms with E-state index in [1.54, 1.807) is 24.3 Å². The van der Waals surface area contributed by atoms with Crippen LogP contribution in [0.15, 0.2) is 42.5 Å². The number of likely N-dealkylation sites (tertiary alicyclic amines) is 1. The second kappa shape index (κ2) is 8.05. The van der Waals surface area contributed by atoms with Crippen LogP contribution in [0, 0.1) is 31.1 Å². The molecular weight excluding hydrogens is 338 g/mol. The summed E-state index contributed by atoms with van der Waals surface area (Å²) in [5, 5.41) is 11.7. The minimum atomic E-state index is -0.107. The first-order chi connectivity index (χ1) is 13.0. The Labute approximate surface area is 159 Å². The van der Waals surface area contributed by atoms with Crippen molar-refractivity contribution in [2.24, 2.45) is 5.92 Å². The number of nitrogens with zero attached hydrogens (tertiary/aromatic N) is 2. The maximum Gasteiger partial charge on any atom is 0.253 e. The van der Waals surface area contributed by atoms with Crippen molar-refractivity contribution < 1.29 is 9.59 Å². The zero-order chi connectivity index (χ0) is 19.4. The van der Waals surface area contributed by atoms with Crippen LogP contribution in [0.2, 0.25) is 0 Å². The summed E-state index contributed by atoms with van der Waals surface area (Å²) >= 11 is 0. The average Bonchev–Trinajstić information content (AvgIpc) is 2.70. The van der Waals surface area contributed by atoms with Gasteiger partial charge in [0, 0.05) is 30.3 Å².